The summed E-state index contributed by atoms with van der Waals surface area (Å²) in [6.45, 7) is 11.3. The first kappa shape index (κ1) is 17.9. The molecular formula is C15H28O4. The predicted molar refractivity (Wildman–Crippen MR) is 74.8 cm³/mol. The van der Waals surface area contributed by atoms with Gasteiger partial charge in [-0.05, 0) is 39.5 Å². The lowest BCUT2D eigenvalue weighted by atomic mass is 9.82. The van der Waals surface area contributed by atoms with Crippen molar-refractivity contribution in [1.29, 1.82) is 0 Å². The van der Waals surface area contributed by atoms with Crippen LogP contribution in [0.25, 0.3) is 0 Å². The van der Waals surface area contributed by atoms with Gasteiger partial charge in [-0.25, -0.2) is 0 Å². The fraction of sp³-hybridized carbons (Fsp3) is 0.867. The molecule has 19 heavy (non-hydrogen) atoms. The van der Waals surface area contributed by atoms with Crippen molar-refractivity contribution >= 4 is 11.9 Å². The van der Waals surface area contributed by atoms with Gasteiger partial charge in [0, 0.05) is 0 Å². The number of esters is 1. The van der Waals surface area contributed by atoms with Crippen molar-refractivity contribution < 1.29 is 19.4 Å². The molecule has 2 atom stereocenters. The van der Waals surface area contributed by atoms with Gasteiger partial charge < -0.3 is 9.84 Å². The smallest absolute Gasteiger partial charge is 0.310 e. The highest BCUT2D eigenvalue weighted by Gasteiger charge is 2.36. The Bertz CT molecular complexity index is 302. The predicted octanol–water partition coefficient (Wildman–Crippen LogP) is 3.49. The minimum Gasteiger partial charge on any atom is -0.481 e. The first-order chi connectivity index (χ1) is 8.58. The second kappa shape index (κ2) is 7.51. The van der Waals surface area contributed by atoms with Crippen molar-refractivity contribution in [2.24, 2.45) is 17.8 Å². The molecule has 0 aliphatic heterocycles. The number of ether oxygens (including phenoxy) is 1. The molecule has 0 heterocycles. The van der Waals surface area contributed by atoms with Crippen LogP contribution in [-0.4, -0.2) is 22.6 Å². The van der Waals surface area contributed by atoms with Gasteiger partial charge in [0.25, 0.3) is 0 Å². The van der Waals surface area contributed by atoms with E-state index in [2.05, 4.69) is 0 Å². The van der Waals surface area contributed by atoms with Crippen molar-refractivity contribution in [3.63, 3.8) is 0 Å². The summed E-state index contributed by atoms with van der Waals surface area (Å²) in [6, 6.07) is 0. The van der Waals surface area contributed by atoms with Gasteiger partial charge in [-0.2, -0.15) is 0 Å². The summed E-state index contributed by atoms with van der Waals surface area (Å²) in [5.41, 5.74) is -0.579. The van der Waals surface area contributed by atoms with Gasteiger partial charge >= 0.3 is 11.9 Å². The molecule has 0 aromatic heterocycles. The van der Waals surface area contributed by atoms with Crippen LogP contribution in [0.2, 0.25) is 0 Å². The zero-order chi connectivity index (χ0) is 15.2. The topological polar surface area (TPSA) is 63.6 Å². The van der Waals surface area contributed by atoms with E-state index >= 15 is 0 Å². The fourth-order valence-electron chi connectivity index (χ4n) is 2.12. The lowest BCUT2D eigenvalue weighted by molar-refractivity contribution is -0.167. The number of carbonyl (C=O) groups is 2. The molecule has 0 aliphatic carbocycles. The monoisotopic (exact) mass is 272 g/mol. The quantitative estimate of drug-likeness (QED) is 0.720. The summed E-state index contributed by atoms with van der Waals surface area (Å²) in [5.74, 6) is -2.26. The van der Waals surface area contributed by atoms with E-state index in [1.165, 1.54) is 0 Å². The molecule has 0 aromatic rings. The Kier molecular flexibility index (Phi) is 7.09. The van der Waals surface area contributed by atoms with Crippen LogP contribution in [-0.2, 0) is 14.3 Å². The standard InChI is InChI=1S/C15H28O4/c1-7-8-11(14(18)19-15(4,5)6)12(13(16)17)9-10(2)3/h10-12H,7-9H2,1-6H3,(H,16,17)/t11?,12-/m1/s1. The number of carboxylic acids is 1. The zero-order valence-corrected chi connectivity index (χ0v) is 13.0. The zero-order valence-electron chi connectivity index (χ0n) is 13.0. The van der Waals surface area contributed by atoms with Crippen molar-refractivity contribution in [2.75, 3.05) is 0 Å². The second-order valence-corrected chi connectivity index (χ2v) is 6.50. The Morgan fingerprint density at radius 3 is 2.00 bits per heavy atom. The normalized spacial score (nSPS) is 15.1. The first-order valence-electron chi connectivity index (χ1n) is 7.04. The van der Waals surface area contributed by atoms with Gasteiger partial charge in [-0.15, -0.1) is 0 Å². The molecule has 0 saturated carbocycles. The Labute approximate surface area is 116 Å². The van der Waals surface area contributed by atoms with E-state index in [4.69, 9.17) is 4.74 Å². The summed E-state index contributed by atoms with van der Waals surface area (Å²) in [6.07, 6.45) is 1.82. The number of aliphatic carboxylic acids is 1. The molecule has 0 spiro atoms. The third-order valence-electron chi connectivity index (χ3n) is 2.84. The Hall–Kier alpha value is -1.06. The summed E-state index contributed by atoms with van der Waals surface area (Å²) in [5, 5.41) is 9.36. The minimum atomic E-state index is -0.905. The SMILES string of the molecule is CCCC(C(=O)OC(C)(C)C)[C@@H](CC(C)C)C(=O)O. The molecule has 0 saturated heterocycles. The van der Waals surface area contributed by atoms with Gasteiger partial charge in [0.1, 0.15) is 5.60 Å². The largest absolute Gasteiger partial charge is 0.481 e. The maximum absolute atomic E-state index is 12.2. The number of hydrogen-bond donors (Lipinski definition) is 1. The van der Waals surface area contributed by atoms with E-state index in [-0.39, 0.29) is 11.9 Å². The number of carbonyl (C=O) groups excluding carboxylic acids is 1. The van der Waals surface area contributed by atoms with Gasteiger partial charge in [0.05, 0.1) is 11.8 Å². The summed E-state index contributed by atoms with van der Waals surface area (Å²) in [4.78, 5) is 23.6. The van der Waals surface area contributed by atoms with E-state index in [0.717, 1.165) is 6.42 Å². The second-order valence-electron chi connectivity index (χ2n) is 6.50. The molecule has 112 valence electrons. The highest BCUT2D eigenvalue weighted by atomic mass is 16.6. The van der Waals surface area contributed by atoms with E-state index in [1.54, 1.807) is 20.8 Å². The Balaban J connectivity index is 5.02. The van der Waals surface area contributed by atoms with Crippen LogP contribution in [0, 0.1) is 17.8 Å². The molecule has 4 nitrogen and oxygen atoms in total. The van der Waals surface area contributed by atoms with E-state index in [9.17, 15) is 14.7 Å². The van der Waals surface area contributed by atoms with Crippen molar-refractivity contribution in [3.8, 4) is 0 Å². The molecule has 0 rings (SSSR count). The van der Waals surface area contributed by atoms with Gasteiger partial charge in [0.2, 0.25) is 0 Å². The number of hydrogen-bond acceptors (Lipinski definition) is 3. The molecule has 0 fully saturated rings. The lowest BCUT2D eigenvalue weighted by Gasteiger charge is -2.27. The van der Waals surface area contributed by atoms with E-state index in [0.29, 0.717) is 12.8 Å². The van der Waals surface area contributed by atoms with Crippen molar-refractivity contribution in [1.82, 2.24) is 0 Å². The molecule has 1 unspecified atom stereocenters. The van der Waals surface area contributed by atoms with Gasteiger partial charge in [-0.1, -0.05) is 27.2 Å². The number of rotatable bonds is 7. The summed E-state index contributed by atoms with van der Waals surface area (Å²) < 4.78 is 5.36. The summed E-state index contributed by atoms with van der Waals surface area (Å²) >= 11 is 0. The van der Waals surface area contributed by atoms with Crippen LogP contribution in [0.15, 0.2) is 0 Å². The van der Waals surface area contributed by atoms with Crippen molar-refractivity contribution in [3.05, 3.63) is 0 Å². The molecule has 1 N–H and O–H groups in total. The van der Waals surface area contributed by atoms with Crippen LogP contribution in [0.1, 0.15) is 60.8 Å². The van der Waals surface area contributed by atoms with Crippen LogP contribution in [0.4, 0.5) is 0 Å². The molecule has 0 bridgehead atoms. The average Bonchev–Trinajstić information content (AvgIpc) is 2.19. The highest BCUT2D eigenvalue weighted by Crippen LogP contribution is 2.27. The Morgan fingerprint density at radius 1 is 1.16 bits per heavy atom. The van der Waals surface area contributed by atoms with E-state index < -0.39 is 23.4 Å². The van der Waals surface area contributed by atoms with Gasteiger partial charge in [0.15, 0.2) is 0 Å². The fourth-order valence-corrected chi connectivity index (χ4v) is 2.12. The molecule has 0 aromatic carbocycles. The molecular weight excluding hydrogens is 244 g/mol. The molecule has 0 radical (unpaired) electrons. The third kappa shape index (κ3) is 7.19. The molecule has 0 amide bonds. The first-order valence-corrected chi connectivity index (χ1v) is 7.04. The maximum atomic E-state index is 12.2. The Morgan fingerprint density at radius 2 is 1.68 bits per heavy atom. The van der Waals surface area contributed by atoms with Crippen LogP contribution in [0.3, 0.4) is 0 Å². The lowest BCUT2D eigenvalue weighted by Crippen LogP contribution is -2.36. The maximum Gasteiger partial charge on any atom is 0.310 e. The molecule has 0 aliphatic rings. The van der Waals surface area contributed by atoms with E-state index in [1.807, 2.05) is 20.8 Å². The number of carboxylic acid groups (broad SMARTS) is 1. The minimum absolute atomic E-state index is 0.239. The summed E-state index contributed by atoms with van der Waals surface area (Å²) in [7, 11) is 0. The van der Waals surface area contributed by atoms with Crippen LogP contribution >= 0.6 is 0 Å². The van der Waals surface area contributed by atoms with Gasteiger partial charge in [-0.3, -0.25) is 9.59 Å². The van der Waals surface area contributed by atoms with Crippen LogP contribution in [0.5, 0.6) is 0 Å². The highest BCUT2D eigenvalue weighted by molar-refractivity contribution is 5.81. The van der Waals surface area contributed by atoms with Crippen LogP contribution < -0.4 is 0 Å². The molecule has 4 heteroatoms. The van der Waals surface area contributed by atoms with Crippen molar-refractivity contribution in [2.45, 2.75) is 66.4 Å². The third-order valence-corrected chi connectivity index (χ3v) is 2.84. The average molecular weight is 272 g/mol.